The fraction of sp³-hybridized carbons (Fsp3) is 0.400. The van der Waals surface area contributed by atoms with Crippen LogP contribution in [0.15, 0.2) is 30.7 Å². The van der Waals surface area contributed by atoms with Crippen LogP contribution < -0.4 is 5.32 Å². The number of hydrogen-bond acceptors (Lipinski definition) is 2. The molecule has 1 aromatic carbocycles. The molecule has 1 aromatic heterocycles. The van der Waals surface area contributed by atoms with E-state index in [1.807, 2.05) is 30.8 Å². The van der Waals surface area contributed by atoms with Gasteiger partial charge in [-0.15, -0.1) is 0 Å². The molecule has 0 bridgehead atoms. The first-order chi connectivity index (χ1) is 9.10. The number of likely N-dealkylation sites (N-methyl/N-ethyl adjacent to an activating group) is 1. The summed E-state index contributed by atoms with van der Waals surface area (Å²) in [6.07, 6.45) is 4.54. The predicted octanol–water partition coefficient (Wildman–Crippen LogP) is 2.76. The highest BCUT2D eigenvalue weighted by Gasteiger charge is 2.15. The third-order valence-electron chi connectivity index (χ3n) is 3.27. The molecule has 1 heterocycles. The van der Waals surface area contributed by atoms with Crippen LogP contribution in [0.2, 0.25) is 0 Å². The molecule has 3 nitrogen and oxygen atoms in total. The molecule has 0 saturated carbocycles. The van der Waals surface area contributed by atoms with E-state index < -0.39 is 0 Å². The molecule has 0 aliphatic carbocycles. The monoisotopic (exact) mass is 261 g/mol. The second-order valence-corrected chi connectivity index (χ2v) is 4.85. The Morgan fingerprint density at radius 3 is 2.84 bits per heavy atom. The molecule has 1 atom stereocenters. The highest BCUT2D eigenvalue weighted by molar-refractivity contribution is 5.28. The number of nitrogens with one attached hydrogen (secondary N) is 1. The maximum atomic E-state index is 13.3. The fourth-order valence-corrected chi connectivity index (χ4v) is 2.22. The fourth-order valence-electron chi connectivity index (χ4n) is 2.22. The summed E-state index contributed by atoms with van der Waals surface area (Å²) in [7, 11) is 1.95. The Balaban J connectivity index is 2.23. The van der Waals surface area contributed by atoms with Gasteiger partial charge < -0.3 is 9.88 Å². The molecule has 4 heteroatoms. The highest BCUT2D eigenvalue weighted by atomic mass is 19.1. The van der Waals surface area contributed by atoms with Gasteiger partial charge >= 0.3 is 0 Å². The van der Waals surface area contributed by atoms with Gasteiger partial charge in [0.2, 0.25) is 0 Å². The number of benzene rings is 1. The molecule has 0 saturated heterocycles. The molecule has 0 fully saturated rings. The van der Waals surface area contributed by atoms with Gasteiger partial charge in [-0.05, 0) is 43.1 Å². The zero-order valence-corrected chi connectivity index (χ0v) is 11.7. The standard InChI is InChI=1S/C15H20FN3/c1-4-17-14(15-9-19(3)10-18-15)8-12-7-13(16)6-5-11(12)2/h5-7,9-10,14,17H,4,8H2,1-3H3. The Bertz CT molecular complexity index is 548. The molecular formula is C15H20FN3. The van der Waals surface area contributed by atoms with Gasteiger partial charge in [-0.2, -0.15) is 0 Å². The van der Waals surface area contributed by atoms with E-state index in [4.69, 9.17) is 0 Å². The first-order valence-corrected chi connectivity index (χ1v) is 6.56. The molecule has 0 spiro atoms. The quantitative estimate of drug-likeness (QED) is 0.897. The lowest BCUT2D eigenvalue weighted by molar-refractivity contribution is 0.534. The summed E-state index contributed by atoms with van der Waals surface area (Å²) in [6.45, 7) is 4.93. The van der Waals surface area contributed by atoms with Crippen molar-refractivity contribution in [3.05, 3.63) is 53.4 Å². The number of aromatic nitrogens is 2. The molecule has 0 radical (unpaired) electrons. The summed E-state index contributed by atoms with van der Waals surface area (Å²) < 4.78 is 15.3. The van der Waals surface area contributed by atoms with Crippen molar-refractivity contribution in [2.45, 2.75) is 26.3 Å². The molecule has 0 aliphatic rings. The zero-order chi connectivity index (χ0) is 13.8. The van der Waals surface area contributed by atoms with Crippen LogP contribution in [0.4, 0.5) is 4.39 Å². The van der Waals surface area contributed by atoms with Crippen molar-refractivity contribution in [1.82, 2.24) is 14.9 Å². The lowest BCUT2D eigenvalue weighted by Gasteiger charge is -2.17. The van der Waals surface area contributed by atoms with Gasteiger partial charge in [0.05, 0.1) is 18.1 Å². The van der Waals surface area contributed by atoms with Crippen molar-refractivity contribution in [3.8, 4) is 0 Å². The average molecular weight is 261 g/mol. The minimum absolute atomic E-state index is 0.117. The first kappa shape index (κ1) is 13.7. The number of halogens is 1. The van der Waals surface area contributed by atoms with Crippen LogP contribution in [0.25, 0.3) is 0 Å². The topological polar surface area (TPSA) is 29.9 Å². The van der Waals surface area contributed by atoms with E-state index in [-0.39, 0.29) is 11.9 Å². The largest absolute Gasteiger partial charge is 0.340 e. The normalized spacial score (nSPS) is 12.6. The summed E-state index contributed by atoms with van der Waals surface area (Å²) in [5.74, 6) is -0.183. The van der Waals surface area contributed by atoms with E-state index in [0.717, 1.165) is 29.8 Å². The average Bonchev–Trinajstić information content (AvgIpc) is 2.80. The summed E-state index contributed by atoms with van der Waals surface area (Å²) in [4.78, 5) is 4.39. The van der Waals surface area contributed by atoms with Crippen molar-refractivity contribution in [2.75, 3.05) is 6.54 Å². The second kappa shape index (κ2) is 5.97. The number of hydrogen-bond donors (Lipinski definition) is 1. The van der Waals surface area contributed by atoms with E-state index in [1.165, 1.54) is 6.07 Å². The smallest absolute Gasteiger partial charge is 0.123 e. The Hall–Kier alpha value is -1.68. The van der Waals surface area contributed by atoms with Crippen molar-refractivity contribution in [2.24, 2.45) is 7.05 Å². The summed E-state index contributed by atoms with van der Waals surface area (Å²) in [5.41, 5.74) is 3.13. The Labute approximate surface area is 113 Å². The third kappa shape index (κ3) is 3.41. The Morgan fingerprint density at radius 2 is 2.21 bits per heavy atom. The van der Waals surface area contributed by atoms with E-state index in [1.54, 1.807) is 12.4 Å². The molecule has 2 aromatic rings. The highest BCUT2D eigenvalue weighted by Crippen LogP contribution is 2.20. The third-order valence-corrected chi connectivity index (χ3v) is 3.27. The second-order valence-electron chi connectivity index (χ2n) is 4.85. The number of aryl methyl sites for hydroxylation is 2. The van der Waals surface area contributed by atoms with Gasteiger partial charge in [-0.3, -0.25) is 0 Å². The molecule has 0 aliphatic heterocycles. The molecular weight excluding hydrogens is 241 g/mol. The maximum absolute atomic E-state index is 13.3. The van der Waals surface area contributed by atoms with Crippen LogP contribution in [-0.2, 0) is 13.5 Å². The van der Waals surface area contributed by atoms with Crippen molar-refractivity contribution in [3.63, 3.8) is 0 Å². The predicted molar refractivity (Wildman–Crippen MR) is 74.5 cm³/mol. The SMILES string of the molecule is CCNC(Cc1cc(F)ccc1C)c1cn(C)cn1. The lowest BCUT2D eigenvalue weighted by Crippen LogP contribution is -2.23. The van der Waals surface area contributed by atoms with Crippen LogP contribution >= 0.6 is 0 Å². The number of nitrogens with zero attached hydrogens (tertiary/aromatic N) is 2. The van der Waals surface area contributed by atoms with Crippen molar-refractivity contribution in [1.29, 1.82) is 0 Å². The van der Waals surface area contributed by atoms with E-state index in [2.05, 4.69) is 17.2 Å². The first-order valence-electron chi connectivity index (χ1n) is 6.56. The van der Waals surface area contributed by atoms with Gasteiger partial charge in [0, 0.05) is 13.2 Å². The molecule has 0 amide bonds. The minimum atomic E-state index is -0.183. The van der Waals surface area contributed by atoms with Gasteiger partial charge in [0.1, 0.15) is 5.82 Å². The maximum Gasteiger partial charge on any atom is 0.123 e. The van der Waals surface area contributed by atoms with Crippen LogP contribution in [0.5, 0.6) is 0 Å². The van der Waals surface area contributed by atoms with Gasteiger partial charge in [0.15, 0.2) is 0 Å². The van der Waals surface area contributed by atoms with Gasteiger partial charge in [-0.25, -0.2) is 9.37 Å². The van der Waals surface area contributed by atoms with Crippen LogP contribution in [0.1, 0.15) is 29.8 Å². The summed E-state index contributed by atoms with van der Waals surface area (Å²) in [6, 6.07) is 5.06. The summed E-state index contributed by atoms with van der Waals surface area (Å²) >= 11 is 0. The van der Waals surface area contributed by atoms with Crippen LogP contribution in [-0.4, -0.2) is 16.1 Å². The minimum Gasteiger partial charge on any atom is -0.340 e. The van der Waals surface area contributed by atoms with Crippen molar-refractivity contribution < 1.29 is 4.39 Å². The number of imidazole rings is 1. The van der Waals surface area contributed by atoms with Crippen LogP contribution in [0, 0.1) is 12.7 Å². The zero-order valence-electron chi connectivity index (χ0n) is 11.7. The van der Waals surface area contributed by atoms with Gasteiger partial charge in [-0.1, -0.05) is 13.0 Å². The lowest BCUT2D eigenvalue weighted by atomic mass is 9.99. The van der Waals surface area contributed by atoms with E-state index in [0.29, 0.717) is 0 Å². The Kier molecular flexibility index (Phi) is 4.32. The van der Waals surface area contributed by atoms with Crippen LogP contribution in [0.3, 0.4) is 0 Å². The molecule has 2 rings (SSSR count). The van der Waals surface area contributed by atoms with E-state index >= 15 is 0 Å². The molecule has 19 heavy (non-hydrogen) atoms. The number of rotatable bonds is 5. The molecule has 102 valence electrons. The van der Waals surface area contributed by atoms with Crippen molar-refractivity contribution >= 4 is 0 Å². The summed E-state index contributed by atoms with van der Waals surface area (Å²) in [5, 5.41) is 3.41. The van der Waals surface area contributed by atoms with Gasteiger partial charge in [0.25, 0.3) is 0 Å². The van der Waals surface area contributed by atoms with E-state index in [9.17, 15) is 4.39 Å². The molecule has 1 unspecified atom stereocenters. The molecule has 1 N–H and O–H groups in total. The Morgan fingerprint density at radius 1 is 1.42 bits per heavy atom.